The first-order valence-electron chi connectivity index (χ1n) is 10.1. The highest BCUT2D eigenvalue weighted by Gasteiger charge is 2.18. The molecule has 0 unspecified atom stereocenters. The van der Waals surface area contributed by atoms with Crippen LogP contribution in [0.25, 0.3) is 0 Å². The molecule has 0 aliphatic carbocycles. The van der Waals surface area contributed by atoms with Crippen LogP contribution in [-0.2, 0) is 38.1 Å². The first-order chi connectivity index (χ1) is 15.4. The summed E-state index contributed by atoms with van der Waals surface area (Å²) in [6, 6.07) is 6.51. The molecule has 0 saturated carbocycles. The number of benzene rings is 1. The van der Waals surface area contributed by atoms with Crippen molar-refractivity contribution >= 4 is 35.3 Å². The van der Waals surface area contributed by atoms with Crippen LogP contribution in [0, 0.1) is 0 Å². The summed E-state index contributed by atoms with van der Waals surface area (Å²) in [5.74, 6) is -3.02. The molecule has 0 spiro atoms. The van der Waals surface area contributed by atoms with Gasteiger partial charge in [-0.2, -0.15) is 0 Å². The van der Waals surface area contributed by atoms with Crippen LogP contribution in [0.3, 0.4) is 0 Å². The Hall–Kier alpha value is -3.82. The number of esters is 4. The monoisotopic (exact) mass is 448 g/mol. The Balaban J connectivity index is 3.29. The van der Waals surface area contributed by atoms with Crippen molar-refractivity contribution in [3.63, 3.8) is 0 Å². The van der Waals surface area contributed by atoms with Crippen LogP contribution in [0.1, 0.15) is 27.7 Å². The summed E-state index contributed by atoms with van der Waals surface area (Å²) in [5, 5.41) is 5.61. The zero-order valence-corrected chi connectivity index (χ0v) is 18.6. The molecule has 32 heavy (non-hydrogen) atoms. The second-order valence-electron chi connectivity index (χ2n) is 5.86. The highest BCUT2D eigenvalue weighted by atomic mass is 16.5. The van der Waals surface area contributed by atoms with Gasteiger partial charge in [0.15, 0.2) is 0 Å². The van der Waals surface area contributed by atoms with Gasteiger partial charge in [0.1, 0.15) is 11.4 Å². The molecule has 2 N–H and O–H groups in total. The summed E-state index contributed by atoms with van der Waals surface area (Å²) in [5.41, 5.74) is 0.281. The van der Waals surface area contributed by atoms with Gasteiger partial charge in [-0.25, -0.2) is 19.2 Å². The SMILES string of the molecule is CCOC(=O)/C=C(/Nc1ccccc1N/C(=C/C(=O)OCC)C(=O)OCC)C(=O)OCC. The van der Waals surface area contributed by atoms with E-state index in [1.165, 1.54) is 0 Å². The largest absolute Gasteiger partial charge is 0.463 e. The maximum absolute atomic E-state index is 12.3. The van der Waals surface area contributed by atoms with Crippen molar-refractivity contribution in [1.29, 1.82) is 0 Å². The van der Waals surface area contributed by atoms with Crippen molar-refractivity contribution in [2.45, 2.75) is 27.7 Å². The van der Waals surface area contributed by atoms with Gasteiger partial charge >= 0.3 is 23.9 Å². The summed E-state index contributed by atoms with van der Waals surface area (Å²) in [7, 11) is 0. The molecule has 0 aliphatic heterocycles. The second kappa shape index (κ2) is 14.2. The van der Waals surface area contributed by atoms with Crippen LogP contribution in [0.2, 0.25) is 0 Å². The van der Waals surface area contributed by atoms with Crippen molar-refractivity contribution in [3.8, 4) is 0 Å². The molecular formula is C22H28N2O8. The van der Waals surface area contributed by atoms with Crippen LogP contribution in [-0.4, -0.2) is 50.3 Å². The fourth-order valence-electron chi connectivity index (χ4n) is 2.30. The number of para-hydroxylation sites is 2. The number of hydrogen-bond donors (Lipinski definition) is 2. The first kappa shape index (κ1) is 26.2. The Labute approximate surface area is 186 Å². The van der Waals surface area contributed by atoms with E-state index in [1.807, 2.05) is 0 Å². The molecule has 10 heteroatoms. The third-order valence-electron chi connectivity index (χ3n) is 3.55. The Morgan fingerprint density at radius 3 is 1.31 bits per heavy atom. The van der Waals surface area contributed by atoms with Crippen molar-refractivity contribution in [1.82, 2.24) is 0 Å². The molecule has 1 rings (SSSR count). The van der Waals surface area contributed by atoms with E-state index in [1.54, 1.807) is 52.0 Å². The molecular weight excluding hydrogens is 420 g/mol. The van der Waals surface area contributed by atoms with Gasteiger partial charge < -0.3 is 29.6 Å². The topological polar surface area (TPSA) is 129 Å². The minimum atomic E-state index is -0.775. The minimum Gasteiger partial charge on any atom is -0.463 e. The van der Waals surface area contributed by atoms with Crippen LogP contribution in [0.5, 0.6) is 0 Å². The molecule has 0 radical (unpaired) electrons. The van der Waals surface area contributed by atoms with Crippen LogP contribution < -0.4 is 10.6 Å². The third kappa shape index (κ3) is 8.90. The molecule has 0 fully saturated rings. The zero-order valence-electron chi connectivity index (χ0n) is 18.6. The predicted octanol–water partition coefficient (Wildman–Crippen LogP) is 2.53. The molecule has 1 aromatic rings. The summed E-state index contributed by atoms with van der Waals surface area (Å²) in [4.78, 5) is 48.4. The van der Waals surface area contributed by atoms with Gasteiger partial charge in [0.05, 0.1) is 50.0 Å². The first-order valence-corrected chi connectivity index (χ1v) is 10.1. The fourth-order valence-corrected chi connectivity index (χ4v) is 2.30. The highest BCUT2D eigenvalue weighted by molar-refractivity contribution is 6.01. The number of ether oxygens (including phenoxy) is 4. The van der Waals surface area contributed by atoms with Crippen molar-refractivity contribution in [2.75, 3.05) is 37.1 Å². The molecule has 0 amide bonds. The molecule has 0 heterocycles. The van der Waals surface area contributed by atoms with Gasteiger partial charge in [0, 0.05) is 0 Å². The normalized spacial score (nSPS) is 11.2. The smallest absolute Gasteiger partial charge is 0.355 e. The summed E-state index contributed by atoms with van der Waals surface area (Å²) in [6.07, 6.45) is 1.94. The average molecular weight is 448 g/mol. The molecule has 0 aliphatic rings. The van der Waals surface area contributed by atoms with E-state index >= 15 is 0 Å². The van der Waals surface area contributed by atoms with Crippen molar-refractivity contribution < 1.29 is 38.1 Å². The Bertz CT molecular complexity index is 805. The Morgan fingerprint density at radius 1 is 0.656 bits per heavy atom. The second-order valence-corrected chi connectivity index (χ2v) is 5.86. The van der Waals surface area contributed by atoms with E-state index in [-0.39, 0.29) is 37.8 Å². The lowest BCUT2D eigenvalue weighted by atomic mass is 10.2. The molecule has 10 nitrogen and oxygen atoms in total. The predicted molar refractivity (Wildman–Crippen MR) is 116 cm³/mol. The Morgan fingerprint density at radius 2 is 1.00 bits per heavy atom. The number of anilines is 2. The summed E-state index contributed by atoms with van der Waals surface area (Å²) in [6.45, 7) is 6.97. The van der Waals surface area contributed by atoms with Gasteiger partial charge in [-0.3, -0.25) is 0 Å². The molecule has 0 atom stereocenters. The lowest BCUT2D eigenvalue weighted by Crippen LogP contribution is -2.20. The molecule has 0 aromatic heterocycles. The molecule has 1 aromatic carbocycles. The standard InChI is InChI=1S/C22H28N2O8/c1-5-29-19(25)13-17(21(27)31-7-3)23-15-11-9-10-12-16(15)24-18(22(28)32-8-4)14-20(26)30-6-2/h9-14,23-24H,5-8H2,1-4H3/b17-13+,18-14+. The van der Waals surface area contributed by atoms with E-state index < -0.39 is 23.9 Å². The lowest BCUT2D eigenvalue weighted by Gasteiger charge is -2.16. The fraction of sp³-hybridized carbons (Fsp3) is 0.364. The van der Waals surface area contributed by atoms with Crippen LogP contribution in [0.15, 0.2) is 47.8 Å². The minimum absolute atomic E-state index is 0.0931. The van der Waals surface area contributed by atoms with Gasteiger partial charge in [-0.1, -0.05) is 12.1 Å². The highest BCUT2D eigenvalue weighted by Crippen LogP contribution is 2.25. The Kier molecular flexibility index (Phi) is 11.7. The van der Waals surface area contributed by atoms with Crippen molar-refractivity contribution in [2.24, 2.45) is 0 Å². The van der Waals surface area contributed by atoms with Gasteiger partial charge in [-0.15, -0.1) is 0 Å². The van der Waals surface area contributed by atoms with E-state index in [2.05, 4.69) is 10.6 Å². The van der Waals surface area contributed by atoms with E-state index in [9.17, 15) is 19.2 Å². The third-order valence-corrected chi connectivity index (χ3v) is 3.55. The molecule has 0 bridgehead atoms. The molecule has 0 saturated heterocycles. The maximum atomic E-state index is 12.3. The number of nitrogens with one attached hydrogen (secondary N) is 2. The molecule has 174 valence electrons. The lowest BCUT2D eigenvalue weighted by molar-refractivity contribution is -0.140. The average Bonchev–Trinajstić information content (AvgIpc) is 2.74. The van der Waals surface area contributed by atoms with Crippen LogP contribution in [0.4, 0.5) is 11.4 Å². The van der Waals surface area contributed by atoms with Gasteiger partial charge in [-0.05, 0) is 39.8 Å². The zero-order chi connectivity index (χ0) is 23.9. The van der Waals surface area contributed by atoms with Crippen molar-refractivity contribution in [3.05, 3.63) is 47.8 Å². The van der Waals surface area contributed by atoms with Gasteiger partial charge in [0.25, 0.3) is 0 Å². The number of rotatable bonds is 12. The van der Waals surface area contributed by atoms with Gasteiger partial charge in [0.2, 0.25) is 0 Å². The van der Waals surface area contributed by atoms with E-state index in [0.717, 1.165) is 12.2 Å². The summed E-state index contributed by atoms with van der Waals surface area (Å²) < 4.78 is 19.7. The summed E-state index contributed by atoms with van der Waals surface area (Å²) >= 11 is 0. The van der Waals surface area contributed by atoms with E-state index in [0.29, 0.717) is 11.4 Å². The number of carbonyl (C=O) groups excluding carboxylic acids is 4. The maximum Gasteiger partial charge on any atom is 0.355 e. The number of hydrogen-bond acceptors (Lipinski definition) is 10. The van der Waals surface area contributed by atoms with Crippen LogP contribution >= 0.6 is 0 Å². The number of carbonyl (C=O) groups is 4. The van der Waals surface area contributed by atoms with E-state index in [4.69, 9.17) is 18.9 Å². The quantitative estimate of drug-likeness (QED) is 0.279.